The maximum absolute atomic E-state index is 6.29. The van der Waals surface area contributed by atoms with Gasteiger partial charge < -0.3 is 4.42 Å². The lowest BCUT2D eigenvalue weighted by Crippen LogP contribution is -2.14. The quantitative estimate of drug-likeness (QED) is 0.250. The molecule has 0 fully saturated rings. The van der Waals surface area contributed by atoms with Gasteiger partial charge in [0, 0.05) is 35.2 Å². The van der Waals surface area contributed by atoms with Gasteiger partial charge in [-0.15, -0.1) is 0 Å². The second kappa shape index (κ2) is 8.77. The molecule has 0 N–H and O–H groups in total. The van der Waals surface area contributed by atoms with Crippen LogP contribution in [-0.2, 0) is 11.8 Å². The number of imidazole rings is 1. The number of rotatable bonds is 4. The molecular weight excluding hydrogens is 452 g/mol. The second-order valence-corrected chi connectivity index (χ2v) is 11.1. The van der Waals surface area contributed by atoms with Crippen LogP contribution in [0.15, 0.2) is 95.7 Å². The van der Waals surface area contributed by atoms with Gasteiger partial charge in [-0.1, -0.05) is 93.6 Å². The average molecular weight is 485 g/mol. The van der Waals surface area contributed by atoms with Gasteiger partial charge in [0.05, 0.1) is 5.69 Å². The number of aryl methyl sites for hydroxylation is 2. The SMILES string of the molecule is Cc1cc(Cc2cccc3c2oc2ccccc23)cc(C)c1-n1ccnc1-c1ccccc1C(C)(C)C. The van der Waals surface area contributed by atoms with E-state index in [-0.39, 0.29) is 5.41 Å². The molecular formula is C34H32N2O. The normalized spacial score (nSPS) is 12.0. The van der Waals surface area contributed by atoms with Crippen molar-refractivity contribution in [3.8, 4) is 17.1 Å². The first-order chi connectivity index (χ1) is 17.8. The van der Waals surface area contributed by atoms with Crippen molar-refractivity contribution in [2.75, 3.05) is 0 Å². The van der Waals surface area contributed by atoms with Crippen LogP contribution in [0.3, 0.4) is 0 Å². The summed E-state index contributed by atoms with van der Waals surface area (Å²) in [5, 5.41) is 2.35. The van der Waals surface area contributed by atoms with Crippen molar-refractivity contribution in [1.82, 2.24) is 9.55 Å². The van der Waals surface area contributed by atoms with Crippen LogP contribution in [0.2, 0.25) is 0 Å². The molecule has 0 bridgehead atoms. The monoisotopic (exact) mass is 484 g/mol. The van der Waals surface area contributed by atoms with E-state index < -0.39 is 0 Å². The van der Waals surface area contributed by atoms with Gasteiger partial charge >= 0.3 is 0 Å². The first-order valence-corrected chi connectivity index (χ1v) is 12.9. The fraction of sp³-hybridized carbons (Fsp3) is 0.206. The largest absolute Gasteiger partial charge is 0.456 e. The predicted molar refractivity (Wildman–Crippen MR) is 154 cm³/mol. The number of fused-ring (bicyclic) bond motifs is 3. The zero-order valence-corrected chi connectivity index (χ0v) is 22.2. The topological polar surface area (TPSA) is 31.0 Å². The lowest BCUT2D eigenvalue weighted by Gasteiger charge is -2.23. The molecule has 3 heteroatoms. The van der Waals surface area contributed by atoms with Gasteiger partial charge in [0.15, 0.2) is 0 Å². The number of benzene rings is 4. The third-order valence-electron chi connectivity index (χ3n) is 7.29. The fourth-order valence-electron chi connectivity index (χ4n) is 5.71. The number of para-hydroxylation sites is 2. The molecule has 0 amide bonds. The van der Waals surface area contributed by atoms with Crippen LogP contribution in [0.4, 0.5) is 0 Å². The molecule has 2 aromatic heterocycles. The number of aromatic nitrogens is 2. The molecule has 6 aromatic rings. The third-order valence-corrected chi connectivity index (χ3v) is 7.29. The molecule has 0 saturated carbocycles. The van der Waals surface area contributed by atoms with Gasteiger partial charge in [0.2, 0.25) is 0 Å². The molecule has 0 saturated heterocycles. The van der Waals surface area contributed by atoms with E-state index in [4.69, 9.17) is 9.40 Å². The molecule has 0 unspecified atom stereocenters. The van der Waals surface area contributed by atoms with Crippen LogP contribution in [0.5, 0.6) is 0 Å². The zero-order chi connectivity index (χ0) is 25.7. The van der Waals surface area contributed by atoms with Crippen molar-refractivity contribution in [2.24, 2.45) is 0 Å². The Morgan fingerprint density at radius 3 is 2.30 bits per heavy atom. The standard InChI is InChI=1S/C34H32N2O/c1-22-19-24(21-25-11-10-14-27-26-12-7-9-16-30(26)37-32(25)27)20-23(2)31(22)36-18-17-35-33(36)28-13-6-8-15-29(28)34(3,4)5/h6-20H,21H2,1-5H3. The molecule has 184 valence electrons. The van der Waals surface area contributed by atoms with Crippen LogP contribution < -0.4 is 0 Å². The van der Waals surface area contributed by atoms with Crippen LogP contribution in [-0.4, -0.2) is 9.55 Å². The summed E-state index contributed by atoms with van der Waals surface area (Å²) in [5.41, 5.74) is 10.6. The lowest BCUT2D eigenvalue weighted by molar-refractivity contribution is 0.591. The van der Waals surface area contributed by atoms with Gasteiger partial charge in [-0.05, 0) is 53.1 Å². The average Bonchev–Trinajstić information content (AvgIpc) is 3.49. The van der Waals surface area contributed by atoms with Crippen molar-refractivity contribution < 1.29 is 4.42 Å². The summed E-state index contributed by atoms with van der Waals surface area (Å²) in [7, 11) is 0. The second-order valence-electron chi connectivity index (χ2n) is 11.1. The zero-order valence-electron chi connectivity index (χ0n) is 22.2. The Morgan fingerprint density at radius 1 is 0.811 bits per heavy atom. The van der Waals surface area contributed by atoms with Crippen molar-refractivity contribution in [1.29, 1.82) is 0 Å². The van der Waals surface area contributed by atoms with Crippen LogP contribution >= 0.6 is 0 Å². The molecule has 4 aromatic carbocycles. The van der Waals surface area contributed by atoms with E-state index in [0.717, 1.165) is 23.4 Å². The summed E-state index contributed by atoms with van der Waals surface area (Å²) in [5.74, 6) is 0.983. The van der Waals surface area contributed by atoms with Gasteiger partial charge in [0.1, 0.15) is 17.0 Å². The first-order valence-electron chi connectivity index (χ1n) is 12.9. The molecule has 0 aliphatic carbocycles. The van der Waals surface area contributed by atoms with Crippen LogP contribution in [0.1, 0.15) is 48.6 Å². The highest BCUT2D eigenvalue weighted by Crippen LogP contribution is 2.35. The number of hydrogen-bond acceptors (Lipinski definition) is 2. The van der Waals surface area contributed by atoms with E-state index in [1.807, 2.05) is 18.3 Å². The van der Waals surface area contributed by atoms with E-state index >= 15 is 0 Å². The minimum Gasteiger partial charge on any atom is -0.456 e. The Morgan fingerprint density at radius 2 is 1.51 bits per heavy atom. The molecule has 6 rings (SSSR count). The summed E-state index contributed by atoms with van der Waals surface area (Å²) >= 11 is 0. The summed E-state index contributed by atoms with van der Waals surface area (Å²) in [6.07, 6.45) is 4.81. The lowest BCUT2D eigenvalue weighted by atomic mass is 9.83. The van der Waals surface area contributed by atoms with E-state index in [9.17, 15) is 0 Å². The van der Waals surface area contributed by atoms with Crippen molar-refractivity contribution in [3.05, 3.63) is 119 Å². The van der Waals surface area contributed by atoms with E-state index in [1.54, 1.807) is 0 Å². The smallest absolute Gasteiger partial charge is 0.144 e. The Balaban J connectivity index is 1.41. The van der Waals surface area contributed by atoms with Gasteiger partial charge in [0.25, 0.3) is 0 Å². The minimum atomic E-state index is 0.0268. The molecule has 0 aliphatic heterocycles. The number of furan rings is 1. The molecule has 37 heavy (non-hydrogen) atoms. The third kappa shape index (κ3) is 4.05. The molecule has 0 radical (unpaired) electrons. The van der Waals surface area contributed by atoms with Gasteiger partial charge in [-0.25, -0.2) is 4.98 Å². The van der Waals surface area contributed by atoms with Crippen molar-refractivity contribution in [3.63, 3.8) is 0 Å². The molecule has 0 spiro atoms. The van der Waals surface area contributed by atoms with Gasteiger partial charge in [-0.2, -0.15) is 0 Å². The highest BCUT2D eigenvalue weighted by Gasteiger charge is 2.22. The molecule has 2 heterocycles. The first kappa shape index (κ1) is 23.3. The molecule has 0 aliphatic rings. The summed E-state index contributed by atoms with van der Waals surface area (Å²) in [4.78, 5) is 4.81. The van der Waals surface area contributed by atoms with E-state index in [2.05, 4.69) is 112 Å². The van der Waals surface area contributed by atoms with Gasteiger partial charge in [-0.3, -0.25) is 4.57 Å². The summed E-state index contributed by atoms with van der Waals surface area (Å²) in [6.45, 7) is 11.2. The van der Waals surface area contributed by atoms with Crippen molar-refractivity contribution in [2.45, 2.75) is 46.5 Å². The van der Waals surface area contributed by atoms with Crippen LogP contribution in [0.25, 0.3) is 39.0 Å². The Kier molecular flexibility index (Phi) is 5.52. The Hall–Kier alpha value is -4.11. The van der Waals surface area contributed by atoms with Crippen molar-refractivity contribution >= 4 is 21.9 Å². The van der Waals surface area contributed by atoms with Crippen LogP contribution in [0, 0.1) is 13.8 Å². The highest BCUT2D eigenvalue weighted by atomic mass is 16.3. The van der Waals surface area contributed by atoms with E-state index in [1.165, 1.54) is 49.8 Å². The van der Waals surface area contributed by atoms with E-state index in [0.29, 0.717) is 0 Å². The highest BCUT2D eigenvalue weighted by molar-refractivity contribution is 6.05. The Labute approximate surface area is 218 Å². The summed E-state index contributed by atoms with van der Waals surface area (Å²) < 4.78 is 8.54. The predicted octanol–water partition coefficient (Wildman–Crippen LogP) is 8.94. The minimum absolute atomic E-state index is 0.0268. The molecule has 0 atom stereocenters. The number of nitrogens with zero attached hydrogens (tertiary/aromatic N) is 2. The maximum Gasteiger partial charge on any atom is 0.144 e. The Bertz CT molecular complexity index is 1740. The fourth-order valence-corrected chi connectivity index (χ4v) is 5.71. The summed E-state index contributed by atoms with van der Waals surface area (Å²) in [6, 6.07) is 28.0. The number of hydrogen-bond donors (Lipinski definition) is 0. The molecule has 3 nitrogen and oxygen atoms in total. The maximum atomic E-state index is 6.29.